The van der Waals surface area contributed by atoms with E-state index in [1.54, 1.807) is 0 Å². The van der Waals surface area contributed by atoms with E-state index in [0.29, 0.717) is 5.92 Å². The van der Waals surface area contributed by atoms with Gasteiger partial charge in [-0.3, -0.25) is 0 Å². The Kier molecular flexibility index (Phi) is 4.64. The molecule has 0 saturated heterocycles. The fourth-order valence-electron chi connectivity index (χ4n) is 3.72. The monoisotopic (exact) mass is 320 g/mol. The Morgan fingerprint density at radius 1 is 1.27 bits per heavy atom. The Morgan fingerprint density at radius 3 is 2.41 bits per heavy atom. The van der Waals surface area contributed by atoms with E-state index in [2.05, 4.69) is 59.2 Å². The van der Waals surface area contributed by atoms with Crippen LogP contribution in [-0.4, -0.2) is 25.6 Å². The van der Waals surface area contributed by atoms with Gasteiger partial charge >= 0.3 is 0 Å². The third-order valence-electron chi connectivity index (χ3n) is 6.26. The molecule has 2 aliphatic rings. The predicted molar refractivity (Wildman–Crippen MR) is 96.2 cm³/mol. The molecule has 1 fully saturated rings. The molecule has 3 heteroatoms. The highest BCUT2D eigenvalue weighted by Crippen LogP contribution is 2.54. The van der Waals surface area contributed by atoms with Crippen molar-refractivity contribution in [2.24, 2.45) is 23.7 Å². The zero-order chi connectivity index (χ0) is 16.8. The largest absolute Gasteiger partial charge is 0.417 e. The van der Waals surface area contributed by atoms with Gasteiger partial charge in [0.1, 0.15) is 0 Å². The molecule has 5 atom stereocenters. The molecule has 0 unspecified atom stereocenters. The van der Waals surface area contributed by atoms with Crippen molar-refractivity contribution in [3.63, 3.8) is 0 Å². The third kappa shape index (κ3) is 2.68. The van der Waals surface area contributed by atoms with Crippen molar-refractivity contribution < 1.29 is 9.53 Å². The molecule has 0 amide bonds. The fourth-order valence-corrected chi connectivity index (χ4v) is 4.78. The summed E-state index contributed by atoms with van der Waals surface area (Å²) >= 11 is 0. The van der Waals surface area contributed by atoms with Crippen molar-refractivity contribution >= 4 is 8.32 Å². The van der Waals surface area contributed by atoms with Crippen molar-refractivity contribution in [3.05, 3.63) is 37.5 Å². The van der Waals surface area contributed by atoms with Crippen LogP contribution in [-0.2, 0) is 4.43 Å². The molecule has 2 nitrogen and oxygen atoms in total. The van der Waals surface area contributed by atoms with Crippen LogP contribution < -0.4 is 0 Å². The number of hydrogen-bond donors (Lipinski definition) is 1. The Morgan fingerprint density at radius 2 is 1.91 bits per heavy atom. The van der Waals surface area contributed by atoms with Crippen LogP contribution in [0, 0.1) is 23.7 Å². The Bertz CT molecular complexity index is 474. The Labute approximate surface area is 137 Å². The lowest BCUT2D eigenvalue weighted by atomic mass is 9.78. The Balaban J connectivity index is 2.13. The van der Waals surface area contributed by atoms with Crippen LogP contribution in [0.2, 0.25) is 18.1 Å². The summed E-state index contributed by atoms with van der Waals surface area (Å²) in [5.74, 6) is 0.661. The second-order valence-corrected chi connectivity index (χ2v) is 13.3. The van der Waals surface area contributed by atoms with E-state index < -0.39 is 13.9 Å². The maximum Gasteiger partial charge on any atom is 0.191 e. The van der Waals surface area contributed by atoms with Crippen LogP contribution in [0.15, 0.2) is 37.5 Å². The van der Waals surface area contributed by atoms with Crippen LogP contribution in [0.1, 0.15) is 27.2 Å². The molecular weight excluding hydrogens is 288 g/mol. The SMILES string of the molecule is C=C[C@H]1C=C[C@@H]2[C@H](CO[Si](C)(C)C(C)(C)C)C[C@H](C=C)[C@]12O. The normalized spacial score (nSPS) is 38.1. The van der Waals surface area contributed by atoms with Crippen molar-refractivity contribution in [3.8, 4) is 0 Å². The van der Waals surface area contributed by atoms with Gasteiger partial charge in [-0.15, -0.1) is 13.2 Å². The lowest BCUT2D eigenvalue weighted by Crippen LogP contribution is -2.44. The maximum absolute atomic E-state index is 11.3. The van der Waals surface area contributed by atoms with Crippen molar-refractivity contribution in [2.45, 2.75) is 50.9 Å². The first kappa shape index (κ1) is 17.7. The third-order valence-corrected chi connectivity index (χ3v) is 10.8. The quantitative estimate of drug-likeness (QED) is 0.595. The number of rotatable bonds is 5. The summed E-state index contributed by atoms with van der Waals surface area (Å²) in [6.07, 6.45) is 9.02. The first-order chi connectivity index (χ1) is 10.1. The molecule has 0 aromatic carbocycles. The van der Waals surface area contributed by atoms with Crippen molar-refractivity contribution in [1.29, 1.82) is 0 Å². The van der Waals surface area contributed by atoms with Gasteiger partial charge < -0.3 is 9.53 Å². The average Bonchev–Trinajstić information content (AvgIpc) is 2.88. The second-order valence-electron chi connectivity index (χ2n) is 8.47. The minimum Gasteiger partial charge on any atom is -0.417 e. The number of fused-ring (bicyclic) bond motifs is 1. The molecule has 0 radical (unpaired) electrons. The summed E-state index contributed by atoms with van der Waals surface area (Å²) in [4.78, 5) is 0. The predicted octanol–water partition coefficient (Wildman–Crippen LogP) is 4.55. The molecule has 0 spiro atoms. The lowest BCUT2D eigenvalue weighted by molar-refractivity contribution is -0.0274. The van der Waals surface area contributed by atoms with Crippen LogP contribution in [0.25, 0.3) is 0 Å². The van der Waals surface area contributed by atoms with E-state index >= 15 is 0 Å². The number of aliphatic hydroxyl groups is 1. The highest BCUT2D eigenvalue weighted by atomic mass is 28.4. The van der Waals surface area contributed by atoms with Gasteiger partial charge in [-0.1, -0.05) is 45.1 Å². The minimum absolute atomic E-state index is 0.0263. The van der Waals surface area contributed by atoms with Gasteiger partial charge in [0, 0.05) is 24.4 Å². The van der Waals surface area contributed by atoms with E-state index in [9.17, 15) is 5.11 Å². The van der Waals surface area contributed by atoms with Crippen LogP contribution in [0.3, 0.4) is 0 Å². The van der Waals surface area contributed by atoms with Crippen LogP contribution in [0.5, 0.6) is 0 Å². The molecule has 1 saturated carbocycles. The van der Waals surface area contributed by atoms with Gasteiger partial charge in [0.05, 0.1) is 5.60 Å². The molecule has 2 aliphatic carbocycles. The molecule has 0 aromatic heterocycles. The van der Waals surface area contributed by atoms with Crippen LogP contribution >= 0.6 is 0 Å². The van der Waals surface area contributed by atoms with E-state index in [-0.39, 0.29) is 22.8 Å². The topological polar surface area (TPSA) is 29.5 Å². The molecule has 0 heterocycles. The van der Waals surface area contributed by atoms with E-state index in [1.165, 1.54) is 0 Å². The van der Waals surface area contributed by atoms with Gasteiger partial charge in [-0.25, -0.2) is 0 Å². The molecule has 22 heavy (non-hydrogen) atoms. The summed E-state index contributed by atoms with van der Waals surface area (Å²) in [6, 6.07) is 0. The molecular formula is C19H32O2Si. The second kappa shape index (κ2) is 5.77. The fraction of sp³-hybridized carbons (Fsp3) is 0.684. The smallest absolute Gasteiger partial charge is 0.191 e. The van der Waals surface area contributed by atoms with E-state index in [1.807, 2.05) is 12.2 Å². The summed E-state index contributed by atoms with van der Waals surface area (Å²) in [5.41, 5.74) is -0.745. The first-order valence-corrected chi connectivity index (χ1v) is 11.3. The standard InChI is InChI=1S/C19H32O2Si/c1-8-15-10-11-17-14(12-16(9-2)19(15,17)20)13-21-22(6,7)18(3,4)5/h8-11,14-17,20H,1-2,12-13H2,3-7H3/t14-,15-,16-,17+,19+/m0/s1. The molecule has 2 rings (SSSR count). The van der Waals surface area contributed by atoms with E-state index in [4.69, 9.17) is 4.43 Å². The van der Waals surface area contributed by atoms with Gasteiger partial charge in [-0.05, 0) is 30.5 Å². The highest BCUT2D eigenvalue weighted by molar-refractivity contribution is 6.74. The lowest BCUT2D eigenvalue weighted by Gasteiger charge is -2.38. The summed E-state index contributed by atoms with van der Waals surface area (Å²) in [7, 11) is -1.75. The molecule has 0 aliphatic heterocycles. The minimum atomic E-state index is -1.75. The molecule has 0 bridgehead atoms. The molecule has 0 aromatic rings. The van der Waals surface area contributed by atoms with Gasteiger partial charge in [0.2, 0.25) is 0 Å². The van der Waals surface area contributed by atoms with Gasteiger partial charge in [0.15, 0.2) is 8.32 Å². The van der Waals surface area contributed by atoms with Crippen LogP contribution in [0.4, 0.5) is 0 Å². The van der Waals surface area contributed by atoms with Gasteiger partial charge in [-0.2, -0.15) is 0 Å². The highest BCUT2D eigenvalue weighted by Gasteiger charge is 2.57. The summed E-state index contributed by atoms with van der Waals surface area (Å²) < 4.78 is 6.43. The van der Waals surface area contributed by atoms with Crippen molar-refractivity contribution in [2.75, 3.05) is 6.61 Å². The zero-order valence-corrected chi connectivity index (χ0v) is 15.8. The summed E-state index contributed by atoms with van der Waals surface area (Å²) in [6.45, 7) is 19.9. The van der Waals surface area contributed by atoms with Crippen molar-refractivity contribution in [1.82, 2.24) is 0 Å². The van der Waals surface area contributed by atoms with E-state index in [0.717, 1.165) is 13.0 Å². The zero-order valence-electron chi connectivity index (χ0n) is 14.8. The maximum atomic E-state index is 11.3. The average molecular weight is 321 g/mol. The molecule has 1 N–H and O–H groups in total. The number of hydrogen-bond acceptors (Lipinski definition) is 2. The first-order valence-electron chi connectivity index (χ1n) is 8.37. The Hall–Kier alpha value is -0.643. The molecule has 124 valence electrons. The summed E-state index contributed by atoms with van der Waals surface area (Å²) in [5, 5.41) is 11.5. The van der Waals surface area contributed by atoms with Gasteiger partial charge in [0.25, 0.3) is 0 Å².